The summed E-state index contributed by atoms with van der Waals surface area (Å²) in [4.78, 5) is 63.6. The van der Waals surface area contributed by atoms with Crippen LogP contribution in [0.1, 0.15) is 58.7 Å². The van der Waals surface area contributed by atoms with Gasteiger partial charge in [0.1, 0.15) is 0 Å². The van der Waals surface area contributed by atoms with E-state index in [9.17, 15) is 24.0 Å². The van der Waals surface area contributed by atoms with Crippen molar-refractivity contribution in [1.29, 1.82) is 0 Å². The second-order valence-corrected chi connectivity index (χ2v) is 11.0. The average Bonchev–Trinajstić information content (AvgIpc) is 3.19. The molecule has 0 unspecified atom stereocenters. The zero-order valence-electron chi connectivity index (χ0n) is 28.5. The minimum absolute atomic E-state index is 0.0607. The van der Waals surface area contributed by atoms with E-state index in [2.05, 4.69) is 6.07 Å². The topological polar surface area (TPSA) is 132 Å². The molecule has 5 aromatic carbocycles. The van der Waals surface area contributed by atoms with Gasteiger partial charge >= 0.3 is 29.8 Å². The fourth-order valence-electron chi connectivity index (χ4n) is 5.61. The highest BCUT2D eigenvalue weighted by Crippen LogP contribution is 2.46. The third-order valence-corrected chi connectivity index (χ3v) is 8.11. The molecule has 0 aliphatic rings. The second-order valence-electron chi connectivity index (χ2n) is 11.0. The van der Waals surface area contributed by atoms with Gasteiger partial charge in [-0.15, -0.1) is 0 Å². The highest BCUT2D eigenvalue weighted by Gasteiger charge is 2.28. The lowest BCUT2D eigenvalue weighted by atomic mass is 9.80. The van der Waals surface area contributed by atoms with Crippen molar-refractivity contribution in [2.24, 2.45) is 0 Å². The molecule has 0 saturated heterocycles. The molecule has 51 heavy (non-hydrogen) atoms. The van der Waals surface area contributed by atoms with Gasteiger partial charge in [-0.05, 0) is 94.9 Å². The summed E-state index contributed by atoms with van der Waals surface area (Å²) in [6.45, 7) is 1.76. The first-order valence-corrected chi connectivity index (χ1v) is 15.7. The number of hydrogen-bond acceptors (Lipinski definition) is 10. The Hall–Kier alpha value is -6.55. The molecule has 0 fully saturated rings. The molecule has 5 rings (SSSR count). The molecule has 10 heteroatoms. The van der Waals surface area contributed by atoms with Crippen LogP contribution in [-0.4, -0.2) is 64.9 Å². The van der Waals surface area contributed by atoms with Crippen molar-refractivity contribution in [1.82, 2.24) is 0 Å². The van der Waals surface area contributed by atoms with Crippen LogP contribution in [0.25, 0.3) is 44.5 Å². The average molecular weight is 686 g/mol. The van der Waals surface area contributed by atoms with E-state index in [0.717, 1.165) is 0 Å². The van der Waals surface area contributed by atoms with Gasteiger partial charge in [0, 0.05) is 11.1 Å². The number of esters is 5. The maximum absolute atomic E-state index is 14.3. The van der Waals surface area contributed by atoms with E-state index in [-0.39, 0.29) is 12.2 Å². The van der Waals surface area contributed by atoms with E-state index in [4.69, 9.17) is 23.7 Å². The minimum atomic E-state index is -0.648. The van der Waals surface area contributed by atoms with Crippen molar-refractivity contribution in [2.45, 2.75) is 6.92 Å². The van der Waals surface area contributed by atoms with Crippen molar-refractivity contribution in [3.05, 3.63) is 131 Å². The summed E-state index contributed by atoms with van der Waals surface area (Å²) in [5.74, 6) is -2.75. The number of hydrogen-bond donors (Lipinski definition) is 0. The molecule has 0 saturated carbocycles. The minimum Gasteiger partial charge on any atom is -0.465 e. The molecule has 0 amide bonds. The summed E-state index contributed by atoms with van der Waals surface area (Å²) in [5, 5.41) is 0. The van der Waals surface area contributed by atoms with Crippen LogP contribution >= 0.6 is 0 Å². The predicted octanol–water partition coefficient (Wildman–Crippen LogP) is 7.48. The summed E-state index contributed by atoms with van der Waals surface area (Å²) in [7, 11) is 5.16. The fraction of sp³-hybridized carbons (Fsp3) is 0.146. The third-order valence-electron chi connectivity index (χ3n) is 8.11. The van der Waals surface area contributed by atoms with Gasteiger partial charge < -0.3 is 23.7 Å². The van der Waals surface area contributed by atoms with E-state index in [1.165, 1.54) is 28.4 Å². The Morgan fingerprint density at radius 3 is 0.961 bits per heavy atom. The molecule has 0 aromatic heterocycles. The lowest BCUT2D eigenvalue weighted by Crippen LogP contribution is -2.12. The number of benzene rings is 5. The van der Waals surface area contributed by atoms with Crippen LogP contribution in [0, 0.1) is 6.07 Å². The molecule has 257 valence electrons. The van der Waals surface area contributed by atoms with Crippen LogP contribution in [0.4, 0.5) is 0 Å². The van der Waals surface area contributed by atoms with Crippen LogP contribution in [0.3, 0.4) is 0 Å². The van der Waals surface area contributed by atoms with Gasteiger partial charge in [-0.3, -0.25) is 0 Å². The summed E-state index contributed by atoms with van der Waals surface area (Å²) >= 11 is 0. The van der Waals surface area contributed by atoms with Crippen molar-refractivity contribution in [2.75, 3.05) is 35.0 Å². The number of carbonyl (C=O) groups excluding carboxylic acids is 5. The summed E-state index contributed by atoms with van der Waals surface area (Å²) in [6, 6.07) is 30.0. The first-order chi connectivity index (χ1) is 24.6. The van der Waals surface area contributed by atoms with Crippen LogP contribution in [0.15, 0.2) is 97.1 Å². The molecular formula is C41H33O10. The van der Waals surface area contributed by atoms with E-state index < -0.39 is 29.8 Å². The van der Waals surface area contributed by atoms with Crippen LogP contribution in [-0.2, 0) is 23.7 Å². The summed E-state index contributed by atoms with van der Waals surface area (Å²) in [6.07, 6.45) is 0. The van der Waals surface area contributed by atoms with Gasteiger partial charge in [-0.2, -0.15) is 0 Å². The molecule has 0 aliphatic carbocycles. The molecule has 0 atom stereocenters. The Morgan fingerprint density at radius 1 is 0.431 bits per heavy atom. The van der Waals surface area contributed by atoms with E-state index in [1.54, 1.807) is 104 Å². The van der Waals surface area contributed by atoms with Gasteiger partial charge in [0.25, 0.3) is 0 Å². The molecule has 0 heterocycles. The highest BCUT2D eigenvalue weighted by atomic mass is 16.5. The van der Waals surface area contributed by atoms with E-state index in [1.807, 2.05) is 0 Å². The van der Waals surface area contributed by atoms with E-state index >= 15 is 0 Å². The SMILES string of the molecule is CCOC(=O)c1c(-c2ccc(C(=O)OC)cc2)c(-c2ccc(C(=O)OC)cc2)[c]c(-c2ccc(C(=O)OC)cc2)c1-c1ccc(C(=O)OC)cc1. The highest BCUT2D eigenvalue weighted by molar-refractivity contribution is 6.12. The molecule has 0 aliphatic heterocycles. The van der Waals surface area contributed by atoms with Gasteiger partial charge in [-0.25, -0.2) is 24.0 Å². The van der Waals surface area contributed by atoms with Crippen molar-refractivity contribution in [3.63, 3.8) is 0 Å². The zero-order chi connectivity index (χ0) is 36.7. The molecule has 10 nitrogen and oxygen atoms in total. The summed E-state index contributed by atoms with van der Waals surface area (Å²) in [5.41, 5.74) is 5.50. The smallest absolute Gasteiger partial charge is 0.339 e. The Balaban J connectivity index is 1.93. The van der Waals surface area contributed by atoms with E-state index in [0.29, 0.717) is 66.8 Å². The van der Waals surface area contributed by atoms with Crippen LogP contribution in [0.2, 0.25) is 0 Å². The molecular weight excluding hydrogens is 652 g/mol. The molecule has 5 aromatic rings. The molecule has 0 N–H and O–H groups in total. The van der Waals surface area contributed by atoms with Gasteiger partial charge in [-0.1, -0.05) is 48.5 Å². The van der Waals surface area contributed by atoms with Crippen LogP contribution < -0.4 is 0 Å². The lowest BCUT2D eigenvalue weighted by Gasteiger charge is -2.23. The first kappa shape index (κ1) is 35.7. The lowest BCUT2D eigenvalue weighted by molar-refractivity contribution is 0.0525. The van der Waals surface area contributed by atoms with Crippen molar-refractivity contribution >= 4 is 29.8 Å². The maximum Gasteiger partial charge on any atom is 0.339 e. The number of methoxy groups -OCH3 is 4. The predicted molar refractivity (Wildman–Crippen MR) is 188 cm³/mol. The van der Waals surface area contributed by atoms with Crippen molar-refractivity contribution in [3.8, 4) is 44.5 Å². The number of ether oxygens (including phenoxy) is 5. The third kappa shape index (κ3) is 7.40. The number of carbonyl (C=O) groups is 5. The van der Waals surface area contributed by atoms with Crippen LogP contribution in [0.5, 0.6) is 0 Å². The van der Waals surface area contributed by atoms with Gasteiger partial charge in [0.2, 0.25) is 0 Å². The van der Waals surface area contributed by atoms with Gasteiger partial charge in [0.05, 0.1) is 62.9 Å². The quantitative estimate of drug-likeness (QED) is 0.108. The Labute approximate surface area is 294 Å². The molecule has 0 bridgehead atoms. The normalized spacial score (nSPS) is 10.5. The Kier molecular flexibility index (Phi) is 11.1. The maximum atomic E-state index is 14.3. The first-order valence-electron chi connectivity index (χ1n) is 15.7. The second kappa shape index (κ2) is 15.8. The molecule has 0 spiro atoms. The summed E-state index contributed by atoms with van der Waals surface area (Å²) < 4.78 is 25.3. The largest absolute Gasteiger partial charge is 0.465 e. The van der Waals surface area contributed by atoms with Crippen molar-refractivity contribution < 1.29 is 47.7 Å². The Bertz CT molecular complexity index is 1950. The standard InChI is InChI=1S/C41H33O10/c1-6-51-41(46)36-34(26-11-19-30(20-12-26)39(44)49-4)32(24-7-15-28(16-8-24)37(42)47-2)23-33(25-9-17-29(18-10-25)38(43)48-3)35(36)27-13-21-31(22-14-27)40(45)50-5/h7-22H,6H2,1-5H3. The molecule has 1 radical (unpaired) electrons. The zero-order valence-corrected chi connectivity index (χ0v) is 28.5. The Morgan fingerprint density at radius 2 is 0.706 bits per heavy atom. The fourth-order valence-corrected chi connectivity index (χ4v) is 5.61. The number of rotatable bonds is 10. The monoisotopic (exact) mass is 685 g/mol. The van der Waals surface area contributed by atoms with Gasteiger partial charge in [0.15, 0.2) is 0 Å².